The van der Waals surface area contributed by atoms with Crippen LogP contribution >= 0.6 is 0 Å². The van der Waals surface area contributed by atoms with Crippen LogP contribution in [-0.2, 0) is 16.0 Å². The topological polar surface area (TPSA) is 83.9 Å². The lowest BCUT2D eigenvalue weighted by Gasteiger charge is -2.27. The third-order valence-electron chi connectivity index (χ3n) is 7.33. The Morgan fingerprint density at radius 2 is 2.14 bits per heavy atom. The summed E-state index contributed by atoms with van der Waals surface area (Å²) in [6, 6.07) is 6.79. The molecule has 8 heteroatoms. The van der Waals surface area contributed by atoms with Gasteiger partial charge in [-0.15, -0.1) is 0 Å². The Balaban J connectivity index is 1.27. The number of aromatic nitrogens is 1. The molecule has 0 saturated carbocycles. The number of anilines is 1. The van der Waals surface area contributed by atoms with Crippen molar-refractivity contribution in [3.05, 3.63) is 53.0 Å². The van der Waals surface area contributed by atoms with Gasteiger partial charge in [0, 0.05) is 37.5 Å². The maximum Gasteiger partial charge on any atom is 0.325 e. The van der Waals surface area contributed by atoms with Crippen molar-refractivity contribution in [3.63, 3.8) is 0 Å². The number of carbonyl (C=O) groups is 1. The van der Waals surface area contributed by atoms with Crippen molar-refractivity contribution >= 4 is 11.8 Å². The average Bonchev–Trinajstić information content (AvgIpc) is 3.31. The number of aliphatic carboxylic acids is 1. The van der Waals surface area contributed by atoms with Crippen LogP contribution in [0.3, 0.4) is 0 Å². The van der Waals surface area contributed by atoms with Gasteiger partial charge in [-0.25, -0.2) is 9.37 Å². The fraction of sp³-hybridized carbons (Fsp3) is 0.571. The van der Waals surface area contributed by atoms with Gasteiger partial charge in [0.15, 0.2) is 11.6 Å². The molecule has 3 atom stereocenters. The number of hydrogen-bond donors (Lipinski definition) is 2. The van der Waals surface area contributed by atoms with E-state index in [0.29, 0.717) is 31.3 Å². The molecule has 1 saturated heterocycles. The number of methoxy groups -OCH3 is 1. The van der Waals surface area contributed by atoms with Gasteiger partial charge in [-0.3, -0.25) is 9.69 Å². The standard InChI is InChI=1S/C28H38FN3O4/c1-18(2)20-15-23(26(35-3)24(29)16-20)25(28(33)34)32-13-11-22(17-32)36-14-5-4-8-21-10-9-19-7-6-12-30-27(19)31-21/h6-7,12,15-16,18,21-22,25H,4-5,8-11,13-14,17H2,1-3H3,(H,30,31)(H,33,34)/t21-,22-,25-/m1/s1. The maximum atomic E-state index is 14.7. The summed E-state index contributed by atoms with van der Waals surface area (Å²) in [4.78, 5) is 18.6. The molecule has 2 aromatic rings. The number of unbranched alkanes of at least 4 members (excludes halogenated alkanes) is 1. The quantitative estimate of drug-likeness (QED) is 0.413. The summed E-state index contributed by atoms with van der Waals surface area (Å²) in [7, 11) is 1.38. The molecule has 36 heavy (non-hydrogen) atoms. The number of nitrogens with zero attached hydrogens (tertiary/aromatic N) is 2. The van der Waals surface area contributed by atoms with Crippen LogP contribution in [0.2, 0.25) is 0 Å². The van der Waals surface area contributed by atoms with Crippen LogP contribution in [-0.4, -0.2) is 59.9 Å². The number of hydrogen-bond acceptors (Lipinski definition) is 6. The Kier molecular flexibility index (Phi) is 8.80. The Bertz CT molecular complexity index is 1050. The minimum atomic E-state index is -1.01. The van der Waals surface area contributed by atoms with Gasteiger partial charge >= 0.3 is 5.97 Å². The van der Waals surface area contributed by atoms with Gasteiger partial charge < -0.3 is 19.9 Å². The Morgan fingerprint density at radius 3 is 2.89 bits per heavy atom. The first-order chi connectivity index (χ1) is 17.4. The Morgan fingerprint density at radius 1 is 1.31 bits per heavy atom. The van der Waals surface area contributed by atoms with Crippen molar-refractivity contribution in [2.75, 3.05) is 32.1 Å². The highest BCUT2D eigenvalue weighted by Gasteiger charge is 2.36. The van der Waals surface area contributed by atoms with E-state index < -0.39 is 17.8 Å². The number of aryl methyl sites for hydroxylation is 1. The lowest BCUT2D eigenvalue weighted by molar-refractivity contribution is -0.143. The molecule has 0 aliphatic carbocycles. The van der Waals surface area contributed by atoms with E-state index in [9.17, 15) is 14.3 Å². The average molecular weight is 500 g/mol. The summed E-state index contributed by atoms with van der Waals surface area (Å²) < 4.78 is 26.1. The number of carboxylic acid groups (broad SMARTS) is 1. The number of fused-ring (bicyclic) bond motifs is 1. The van der Waals surface area contributed by atoms with Gasteiger partial charge in [0.25, 0.3) is 0 Å². The molecule has 0 spiro atoms. The maximum absolute atomic E-state index is 14.7. The van der Waals surface area contributed by atoms with Crippen LogP contribution in [0.1, 0.15) is 74.6 Å². The first-order valence-electron chi connectivity index (χ1n) is 13.0. The van der Waals surface area contributed by atoms with Crippen molar-refractivity contribution < 1.29 is 23.8 Å². The zero-order valence-corrected chi connectivity index (χ0v) is 21.5. The summed E-state index contributed by atoms with van der Waals surface area (Å²) in [5.41, 5.74) is 2.41. The molecule has 2 aliphatic rings. The van der Waals surface area contributed by atoms with E-state index in [1.807, 2.05) is 31.0 Å². The van der Waals surface area contributed by atoms with Gasteiger partial charge in [0.1, 0.15) is 11.9 Å². The summed E-state index contributed by atoms with van der Waals surface area (Å²) in [5.74, 6) is -0.443. The second-order valence-electron chi connectivity index (χ2n) is 10.2. The van der Waals surface area contributed by atoms with Crippen LogP contribution in [0.4, 0.5) is 10.2 Å². The van der Waals surface area contributed by atoms with Crippen molar-refractivity contribution in [2.24, 2.45) is 0 Å². The first-order valence-corrected chi connectivity index (χ1v) is 13.0. The molecular weight excluding hydrogens is 461 g/mol. The van der Waals surface area contributed by atoms with Gasteiger partial charge in [0.05, 0.1) is 13.2 Å². The second kappa shape index (κ2) is 12.0. The monoisotopic (exact) mass is 499 g/mol. The predicted molar refractivity (Wildman–Crippen MR) is 137 cm³/mol. The molecule has 0 bridgehead atoms. The number of rotatable bonds is 11. The van der Waals surface area contributed by atoms with E-state index in [4.69, 9.17) is 9.47 Å². The molecule has 1 fully saturated rings. The number of likely N-dealkylation sites (tertiary alicyclic amines) is 1. The molecule has 2 N–H and O–H groups in total. The number of ether oxygens (including phenoxy) is 2. The minimum Gasteiger partial charge on any atom is -0.493 e. The molecule has 1 aromatic heterocycles. The van der Waals surface area contributed by atoms with Crippen molar-refractivity contribution in [1.82, 2.24) is 9.88 Å². The first kappa shape index (κ1) is 26.4. The minimum absolute atomic E-state index is 0.00492. The molecule has 0 unspecified atom stereocenters. The molecular formula is C28H38FN3O4. The SMILES string of the molecule is COc1c(F)cc(C(C)C)cc1[C@H](C(=O)O)N1CC[C@@H](OCCCC[C@@H]2CCc3cccnc3N2)C1. The molecule has 0 amide bonds. The van der Waals surface area contributed by atoms with E-state index in [-0.39, 0.29) is 17.8 Å². The molecule has 0 radical (unpaired) electrons. The molecule has 2 aliphatic heterocycles. The van der Waals surface area contributed by atoms with Gasteiger partial charge in [0.2, 0.25) is 0 Å². The highest BCUT2D eigenvalue weighted by molar-refractivity contribution is 5.77. The third kappa shape index (κ3) is 6.16. The van der Waals surface area contributed by atoms with Crippen LogP contribution in [0.15, 0.2) is 30.5 Å². The lowest BCUT2D eigenvalue weighted by atomic mass is 9.95. The number of halogens is 1. The number of benzene rings is 1. The van der Waals surface area contributed by atoms with Crippen molar-refractivity contribution in [3.8, 4) is 5.75 Å². The predicted octanol–water partition coefficient (Wildman–Crippen LogP) is 5.17. The number of pyridine rings is 1. The molecule has 3 heterocycles. The van der Waals surface area contributed by atoms with E-state index >= 15 is 0 Å². The van der Waals surface area contributed by atoms with E-state index in [0.717, 1.165) is 49.9 Å². The summed E-state index contributed by atoms with van der Waals surface area (Å²) >= 11 is 0. The second-order valence-corrected chi connectivity index (χ2v) is 10.2. The van der Waals surface area contributed by atoms with Gasteiger partial charge in [-0.2, -0.15) is 0 Å². The van der Waals surface area contributed by atoms with Crippen LogP contribution < -0.4 is 10.1 Å². The van der Waals surface area contributed by atoms with E-state index in [2.05, 4.69) is 16.4 Å². The van der Waals surface area contributed by atoms with Crippen molar-refractivity contribution in [1.29, 1.82) is 0 Å². The van der Waals surface area contributed by atoms with E-state index in [1.54, 1.807) is 6.07 Å². The highest BCUT2D eigenvalue weighted by Crippen LogP contribution is 2.37. The smallest absolute Gasteiger partial charge is 0.325 e. The fourth-order valence-electron chi connectivity index (χ4n) is 5.32. The van der Waals surface area contributed by atoms with Gasteiger partial charge in [-0.05, 0) is 73.8 Å². The lowest BCUT2D eigenvalue weighted by Crippen LogP contribution is -2.34. The fourth-order valence-corrected chi connectivity index (χ4v) is 5.32. The van der Waals surface area contributed by atoms with Crippen LogP contribution in [0, 0.1) is 5.82 Å². The molecule has 4 rings (SSSR count). The molecule has 7 nitrogen and oxygen atoms in total. The Hall–Kier alpha value is -2.71. The van der Waals surface area contributed by atoms with E-state index in [1.165, 1.54) is 18.7 Å². The summed E-state index contributed by atoms with van der Waals surface area (Å²) in [6.45, 7) is 5.65. The van der Waals surface area contributed by atoms with Crippen molar-refractivity contribution in [2.45, 2.75) is 76.5 Å². The summed E-state index contributed by atoms with van der Waals surface area (Å²) in [6.07, 6.45) is 7.84. The van der Waals surface area contributed by atoms with Crippen LogP contribution in [0.5, 0.6) is 5.75 Å². The van der Waals surface area contributed by atoms with Gasteiger partial charge in [-0.1, -0.05) is 19.9 Å². The van der Waals surface area contributed by atoms with Crippen LogP contribution in [0.25, 0.3) is 0 Å². The normalized spacial score (nSPS) is 20.7. The Labute approximate surface area is 213 Å². The summed E-state index contributed by atoms with van der Waals surface area (Å²) in [5, 5.41) is 13.6. The highest BCUT2D eigenvalue weighted by atomic mass is 19.1. The third-order valence-corrected chi connectivity index (χ3v) is 7.33. The molecule has 196 valence electrons. The zero-order chi connectivity index (χ0) is 25.7. The largest absolute Gasteiger partial charge is 0.493 e. The number of nitrogens with one attached hydrogen (secondary N) is 1. The number of carboxylic acids is 1. The zero-order valence-electron chi connectivity index (χ0n) is 21.5. The molecule has 1 aromatic carbocycles.